The number of unbranched alkanes of at least 4 members (excludes halogenated alkanes) is 3. The fourth-order valence-corrected chi connectivity index (χ4v) is 6.44. The van der Waals surface area contributed by atoms with Gasteiger partial charge in [-0.25, -0.2) is 0 Å². The monoisotopic (exact) mass is 378 g/mol. The Kier molecular flexibility index (Phi) is 12.8. The van der Waals surface area contributed by atoms with Gasteiger partial charge in [-0.15, -0.1) is 0 Å². The average molecular weight is 379 g/mol. The SMILES string of the molecule is CCCCOP(=S)(OCCCC)SCCCCS(=O)(=O)O. The zero-order valence-corrected chi connectivity index (χ0v) is 16.2. The Morgan fingerprint density at radius 3 is 2.00 bits per heavy atom. The Morgan fingerprint density at radius 1 is 1.05 bits per heavy atom. The predicted molar refractivity (Wildman–Crippen MR) is 94.1 cm³/mol. The summed E-state index contributed by atoms with van der Waals surface area (Å²) in [5, 5.41) is 0. The highest BCUT2D eigenvalue weighted by Crippen LogP contribution is 2.61. The molecule has 0 saturated heterocycles. The Hall–Kier alpha value is 0.830. The van der Waals surface area contributed by atoms with Gasteiger partial charge in [0.1, 0.15) is 0 Å². The second-order valence-electron chi connectivity index (χ2n) is 4.65. The zero-order valence-electron chi connectivity index (χ0n) is 12.8. The molecule has 0 aromatic rings. The molecule has 0 saturated carbocycles. The first-order valence-corrected chi connectivity index (χ1v) is 13.2. The Morgan fingerprint density at radius 2 is 1.57 bits per heavy atom. The summed E-state index contributed by atoms with van der Waals surface area (Å²) in [4.78, 5) is 0. The third-order valence-corrected chi connectivity index (χ3v) is 8.84. The van der Waals surface area contributed by atoms with Gasteiger partial charge in [-0.05, 0) is 37.5 Å². The van der Waals surface area contributed by atoms with Crippen molar-refractivity contribution in [2.24, 2.45) is 0 Å². The second kappa shape index (κ2) is 12.3. The van der Waals surface area contributed by atoms with Crippen molar-refractivity contribution in [3.05, 3.63) is 0 Å². The van der Waals surface area contributed by atoms with Crippen molar-refractivity contribution in [1.29, 1.82) is 0 Å². The molecule has 0 bridgehead atoms. The zero-order chi connectivity index (χ0) is 16.2. The lowest BCUT2D eigenvalue weighted by Crippen LogP contribution is -2.04. The van der Waals surface area contributed by atoms with Crippen molar-refractivity contribution in [1.82, 2.24) is 0 Å². The third-order valence-electron chi connectivity index (χ3n) is 2.54. The molecular formula is C12H27O5PS3. The van der Waals surface area contributed by atoms with E-state index in [-0.39, 0.29) is 5.75 Å². The van der Waals surface area contributed by atoms with Gasteiger partial charge in [0.25, 0.3) is 10.1 Å². The maximum Gasteiger partial charge on any atom is 0.264 e. The fourth-order valence-electron chi connectivity index (χ4n) is 1.32. The lowest BCUT2D eigenvalue weighted by Gasteiger charge is -2.21. The molecule has 0 atom stereocenters. The summed E-state index contributed by atoms with van der Waals surface area (Å²) in [5.41, 5.74) is -2.32. The normalized spacial score (nSPS) is 12.7. The topological polar surface area (TPSA) is 72.8 Å². The molecule has 0 spiro atoms. The predicted octanol–water partition coefficient (Wildman–Crippen LogP) is 4.25. The van der Waals surface area contributed by atoms with Gasteiger partial charge in [0.2, 0.25) is 5.69 Å². The summed E-state index contributed by atoms with van der Waals surface area (Å²) < 4.78 is 41.4. The highest BCUT2D eigenvalue weighted by atomic mass is 32.9. The van der Waals surface area contributed by atoms with Gasteiger partial charge >= 0.3 is 0 Å². The molecule has 5 nitrogen and oxygen atoms in total. The molecule has 0 aliphatic rings. The van der Waals surface area contributed by atoms with Crippen LogP contribution in [0.4, 0.5) is 0 Å². The van der Waals surface area contributed by atoms with Crippen LogP contribution in [-0.2, 0) is 31.0 Å². The van der Waals surface area contributed by atoms with Crippen molar-refractivity contribution >= 4 is 39.0 Å². The number of rotatable bonds is 14. The minimum absolute atomic E-state index is 0.205. The van der Waals surface area contributed by atoms with Crippen molar-refractivity contribution in [2.45, 2.75) is 52.4 Å². The van der Waals surface area contributed by atoms with Gasteiger partial charge in [0, 0.05) is 5.75 Å². The van der Waals surface area contributed by atoms with Crippen LogP contribution in [0.2, 0.25) is 0 Å². The molecule has 0 heterocycles. The maximum absolute atomic E-state index is 10.6. The van der Waals surface area contributed by atoms with Gasteiger partial charge in [0.05, 0.1) is 19.0 Å². The van der Waals surface area contributed by atoms with Crippen LogP contribution in [0.5, 0.6) is 0 Å². The lowest BCUT2D eigenvalue weighted by atomic mass is 10.4. The van der Waals surface area contributed by atoms with E-state index in [2.05, 4.69) is 13.8 Å². The molecule has 1 N–H and O–H groups in total. The van der Waals surface area contributed by atoms with Crippen molar-refractivity contribution in [3.63, 3.8) is 0 Å². The molecular weight excluding hydrogens is 351 g/mol. The van der Waals surface area contributed by atoms with Crippen LogP contribution in [0.1, 0.15) is 52.4 Å². The fraction of sp³-hybridized carbons (Fsp3) is 1.00. The van der Waals surface area contributed by atoms with Gasteiger partial charge in [-0.2, -0.15) is 8.42 Å². The summed E-state index contributed by atoms with van der Waals surface area (Å²) >= 11 is 6.99. The highest BCUT2D eigenvalue weighted by molar-refractivity contribution is 8.67. The van der Waals surface area contributed by atoms with E-state index in [4.69, 9.17) is 25.4 Å². The van der Waals surface area contributed by atoms with E-state index in [0.717, 1.165) is 25.7 Å². The summed E-state index contributed by atoms with van der Waals surface area (Å²) in [6.07, 6.45) is 5.09. The van der Waals surface area contributed by atoms with Crippen LogP contribution in [0.25, 0.3) is 0 Å². The summed E-state index contributed by atoms with van der Waals surface area (Å²) in [6, 6.07) is 0. The third kappa shape index (κ3) is 14.2. The van der Waals surface area contributed by atoms with Gasteiger partial charge < -0.3 is 9.05 Å². The minimum Gasteiger partial charge on any atom is -0.322 e. The summed E-state index contributed by atoms with van der Waals surface area (Å²) in [6.45, 7) is 5.40. The van der Waals surface area contributed by atoms with E-state index in [1.807, 2.05) is 0 Å². The molecule has 0 amide bonds. The van der Waals surface area contributed by atoms with Crippen LogP contribution in [-0.4, -0.2) is 37.7 Å². The first-order valence-electron chi connectivity index (χ1n) is 7.32. The van der Waals surface area contributed by atoms with Gasteiger partial charge in [0.15, 0.2) is 0 Å². The Bertz CT molecular complexity index is 386. The second-order valence-corrected chi connectivity index (χ2v) is 12.6. The molecule has 0 radical (unpaired) electrons. The lowest BCUT2D eigenvalue weighted by molar-refractivity contribution is 0.253. The van der Waals surface area contributed by atoms with Crippen molar-refractivity contribution < 1.29 is 22.0 Å². The number of hydrogen-bond acceptors (Lipinski definition) is 6. The average Bonchev–Trinajstić information content (AvgIpc) is 2.38. The van der Waals surface area contributed by atoms with E-state index < -0.39 is 15.8 Å². The van der Waals surface area contributed by atoms with Gasteiger partial charge in [-0.1, -0.05) is 38.1 Å². The van der Waals surface area contributed by atoms with Gasteiger partial charge in [-0.3, -0.25) is 4.55 Å². The van der Waals surface area contributed by atoms with Crippen LogP contribution < -0.4 is 0 Å². The first kappa shape index (κ1) is 21.8. The Labute approximate surface area is 138 Å². The first-order chi connectivity index (χ1) is 9.83. The standard InChI is InChI=1S/C12H27O5PS3/c1-3-5-9-16-18(19,17-10-6-4-2)20-11-7-8-12-21(13,14)15/h3-12H2,1-2H3,(H,13,14,15). The highest BCUT2D eigenvalue weighted by Gasteiger charge is 2.19. The molecule has 9 heteroatoms. The molecule has 0 aliphatic carbocycles. The van der Waals surface area contributed by atoms with Crippen molar-refractivity contribution in [2.75, 3.05) is 24.7 Å². The molecule has 0 aliphatic heterocycles. The Balaban J connectivity index is 4.10. The molecule has 0 aromatic carbocycles. The van der Waals surface area contributed by atoms with Crippen LogP contribution >= 0.6 is 17.1 Å². The van der Waals surface area contributed by atoms with Crippen molar-refractivity contribution in [3.8, 4) is 0 Å². The van der Waals surface area contributed by atoms with E-state index in [0.29, 0.717) is 31.8 Å². The molecule has 0 aromatic heterocycles. The van der Waals surface area contributed by atoms with E-state index in [9.17, 15) is 8.42 Å². The van der Waals surface area contributed by atoms with Crippen LogP contribution in [0.15, 0.2) is 0 Å². The molecule has 128 valence electrons. The summed E-state index contributed by atoms with van der Waals surface area (Å²) in [7, 11) is -3.86. The molecule has 0 unspecified atom stereocenters. The van der Waals surface area contributed by atoms with Crippen LogP contribution in [0.3, 0.4) is 0 Å². The minimum atomic E-state index is -3.86. The largest absolute Gasteiger partial charge is 0.322 e. The summed E-state index contributed by atoms with van der Waals surface area (Å²) in [5.74, 6) is 0.481. The van der Waals surface area contributed by atoms with Crippen LogP contribution in [0, 0.1) is 0 Å². The molecule has 0 rings (SSSR count). The van der Waals surface area contributed by atoms with E-state index in [1.54, 1.807) is 0 Å². The quantitative estimate of drug-likeness (QED) is 0.275. The number of hydrogen-bond donors (Lipinski definition) is 1. The van der Waals surface area contributed by atoms with E-state index >= 15 is 0 Å². The maximum atomic E-state index is 10.6. The smallest absolute Gasteiger partial charge is 0.264 e. The van der Waals surface area contributed by atoms with E-state index in [1.165, 1.54) is 11.4 Å². The molecule has 21 heavy (non-hydrogen) atoms. The molecule has 0 fully saturated rings.